The highest BCUT2D eigenvalue weighted by atomic mass is 32.2. The number of hydrogen-bond acceptors (Lipinski definition) is 10. The molecule has 2 N–H and O–H groups in total. The maximum Gasteiger partial charge on any atom is 0.234 e. The molecular weight excluding hydrogens is 561 g/mol. The predicted molar refractivity (Wildman–Crippen MR) is 157 cm³/mol. The monoisotopic (exact) mass is 582 g/mol. The molecule has 0 spiro atoms. The van der Waals surface area contributed by atoms with E-state index in [4.69, 9.17) is 9.47 Å². The number of methoxy groups -OCH3 is 2. The van der Waals surface area contributed by atoms with Crippen molar-refractivity contribution >= 4 is 89.8 Å². The Morgan fingerprint density at radius 2 is 1.47 bits per heavy atom. The molecule has 12 heteroatoms. The summed E-state index contributed by atoms with van der Waals surface area (Å²) in [5.41, 5.74) is 3.01. The van der Waals surface area contributed by atoms with Gasteiger partial charge in [-0.3, -0.25) is 9.59 Å². The van der Waals surface area contributed by atoms with Crippen LogP contribution in [0.25, 0.3) is 20.4 Å². The quantitative estimate of drug-likeness (QED) is 0.183. The van der Waals surface area contributed by atoms with E-state index in [-0.39, 0.29) is 23.3 Å². The Labute approximate surface area is 235 Å². The molecule has 0 aliphatic rings. The number of amides is 2. The van der Waals surface area contributed by atoms with Gasteiger partial charge in [-0.2, -0.15) is 0 Å². The average molecular weight is 583 g/mol. The topological polar surface area (TPSA) is 102 Å². The standard InChI is InChI=1S/C26H22N4O4S4/c1-33-16-8-10-20(34-2)19(12-16)28-24(32)14-36-26-30-18-9-7-15(11-22(18)38-26)27-23(31)13-35-25-29-17-5-3-4-6-21(17)37-25/h3-12H,13-14H2,1-2H3,(H,27,31)(H,28,32). The lowest BCUT2D eigenvalue weighted by molar-refractivity contribution is -0.114. The van der Waals surface area contributed by atoms with Gasteiger partial charge in [-0.1, -0.05) is 35.7 Å². The highest BCUT2D eigenvalue weighted by molar-refractivity contribution is 8.02. The van der Waals surface area contributed by atoms with E-state index >= 15 is 0 Å². The van der Waals surface area contributed by atoms with Gasteiger partial charge in [0.15, 0.2) is 8.68 Å². The molecule has 0 bridgehead atoms. The molecule has 0 atom stereocenters. The molecule has 3 aromatic carbocycles. The molecule has 0 radical (unpaired) electrons. The summed E-state index contributed by atoms with van der Waals surface area (Å²) in [6, 6.07) is 18.8. The van der Waals surface area contributed by atoms with Crippen molar-refractivity contribution in [1.82, 2.24) is 9.97 Å². The van der Waals surface area contributed by atoms with Crippen LogP contribution in [0.4, 0.5) is 11.4 Å². The zero-order valence-electron chi connectivity index (χ0n) is 20.3. The Morgan fingerprint density at radius 3 is 2.18 bits per heavy atom. The van der Waals surface area contributed by atoms with E-state index < -0.39 is 0 Å². The van der Waals surface area contributed by atoms with Crippen LogP contribution >= 0.6 is 46.2 Å². The summed E-state index contributed by atoms with van der Waals surface area (Å²) in [5.74, 6) is 1.36. The SMILES string of the molecule is COc1ccc(OC)c(NC(=O)CSc2nc3ccc(NC(=O)CSc4nc5ccccc5s4)cc3s2)c1. The van der Waals surface area contributed by atoms with Crippen molar-refractivity contribution in [2.24, 2.45) is 0 Å². The largest absolute Gasteiger partial charge is 0.497 e. The lowest BCUT2D eigenvalue weighted by Crippen LogP contribution is -2.14. The minimum absolute atomic E-state index is 0.0997. The van der Waals surface area contributed by atoms with Crippen molar-refractivity contribution in [3.63, 3.8) is 0 Å². The number of nitrogens with one attached hydrogen (secondary N) is 2. The Morgan fingerprint density at radius 1 is 0.789 bits per heavy atom. The summed E-state index contributed by atoms with van der Waals surface area (Å²) in [7, 11) is 3.11. The van der Waals surface area contributed by atoms with Crippen LogP contribution in [0.3, 0.4) is 0 Å². The second-order valence-electron chi connectivity index (χ2n) is 7.85. The Balaban J connectivity index is 1.15. The van der Waals surface area contributed by atoms with Gasteiger partial charge in [-0.05, 0) is 42.5 Å². The van der Waals surface area contributed by atoms with Crippen molar-refractivity contribution in [2.75, 3.05) is 36.4 Å². The lowest BCUT2D eigenvalue weighted by Gasteiger charge is -2.11. The molecule has 8 nitrogen and oxygen atoms in total. The number of anilines is 2. The molecule has 5 aromatic rings. The number of rotatable bonds is 10. The number of para-hydroxylation sites is 1. The van der Waals surface area contributed by atoms with Gasteiger partial charge in [-0.25, -0.2) is 9.97 Å². The van der Waals surface area contributed by atoms with Crippen molar-refractivity contribution in [1.29, 1.82) is 0 Å². The summed E-state index contributed by atoms with van der Waals surface area (Å²) in [6.45, 7) is 0. The number of thiazole rings is 2. The summed E-state index contributed by atoms with van der Waals surface area (Å²) < 4.78 is 14.2. The number of thioether (sulfide) groups is 2. The van der Waals surface area contributed by atoms with Crippen LogP contribution in [0.2, 0.25) is 0 Å². The Kier molecular flexibility index (Phi) is 8.32. The minimum atomic E-state index is -0.181. The summed E-state index contributed by atoms with van der Waals surface area (Å²) in [4.78, 5) is 34.2. The Bertz CT molecular complexity index is 1580. The zero-order valence-corrected chi connectivity index (χ0v) is 23.6. The van der Waals surface area contributed by atoms with Gasteiger partial charge < -0.3 is 20.1 Å². The van der Waals surface area contributed by atoms with E-state index in [0.717, 1.165) is 29.1 Å². The van der Waals surface area contributed by atoms with E-state index in [0.29, 0.717) is 22.9 Å². The van der Waals surface area contributed by atoms with Gasteiger partial charge in [-0.15, -0.1) is 22.7 Å². The van der Waals surface area contributed by atoms with E-state index in [1.54, 1.807) is 43.8 Å². The number of carbonyl (C=O) groups is 2. The van der Waals surface area contributed by atoms with E-state index in [9.17, 15) is 9.59 Å². The first-order chi connectivity index (χ1) is 18.5. The smallest absolute Gasteiger partial charge is 0.234 e. The summed E-state index contributed by atoms with van der Waals surface area (Å²) >= 11 is 5.83. The fraction of sp³-hybridized carbons (Fsp3) is 0.154. The molecule has 2 heterocycles. The molecule has 194 valence electrons. The summed E-state index contributed by atoms with van der Waals surface area (Å²) in [6.07, 6.45) is 0. The molecule has 0 unspecified atom stereocenters. The van der Waals surface area contributed by atoms with Crippen molar-refractivity contribution < 1.29 is 19.1 Å². The highest BCUT2D eigenvalue weighted by Crippen LogP contribution is 2.33. The second kappa shape index (κ2) is 12.0. The number of nitrogens with zero attached hydrogens (tertiary/aromatic N) is 2. The maximum atomic E-state index is 12.6. The first-order valence-electron chi connectivity index (χ1n) is 11.3. The van der Waals surface area contributed by atoms with Crippen molar-refractivity contribution in [2.45, 2.75) is 8.68 Å². The Hall–Kier alpha value is -3.32. The third kappa shape index (κ3) is 6.38. The van der Waals surface area contributed by atoms with Crippen LogP contribution in [0.5, 0.6) is 11.5 Å². The van der Waals surface area contributed by atoms with Gasteiger partial charge in [0.2, 0.25) is 11.8 Å². The number of ether oxygens (including phenoxy) is 2. The van der Waals surface area contributed by atoms with Crippen molar-refractivity contribution in [3.05, 3.63) is 60.7 Å². The molecule has 0 saturated carbocycles. The van der Waals surface area contributed by atoms with Gasteiger partial charge >= 0.3 is 0 Å². The fourth-order valence-corrected chi connectivity index (χ4v) is 7.28. The molecule has 0 fully saturated rings. The number of hydrogen-bond donors (Lipinski definition) is 2. The molecule has 2 amide bonds. The van der Waals surface area contributed by atoms with Crippen LogP contribution in [0.1, 0.15) is 0 Å². The van der Waals surface area contributed by atoms with Crippen LogP contribution in [0.15, 0.2) is 69.3 Å². The van der Waals surface area contributed by atoms with Gasteiger partial charge in [0.25, 0.3) is 0 Å². The molecule has 0 aliphatic heterocycles. The van der Waals surface area contributed by atoms with Gasteiger partial charge in [0.05, 0.1) is 51.8 Å². The van der Waals surface area contributed by atoms with Crippen LogP contribution in [-0.2, 0) is 9.59 Å². The van der Waals surface area contributed by atoms with Crippen LogP contribution in [0, 0.1) is 0 Å². The number of benzene rings is 3. The van der Waals surface area contributed by atoms with E-state index in [1.807, 2.05) is 42.5 Å². The first kappa shape index (κ1) is 26.3. The average Bonchev–Trinajstić information content (AvgIpc) is 3.54. The minimum Gasteiger partial charge on any atom is -0.497 e. The lowest BCUT2D eigenvalue weighted by atomic mass is 10.2. The molecular formula is C26H22N4O4S4. The van der Waals surface area contributed by atoms with Gasteiger partial charge in [0, 0.05) is 11.8 Å². The van der Waals surface area contributed by atoms with E-state index in [2.05, 4.69) is 20.6 Å². The van der Waals surface area contributed by atoms with Gasteiger partial charge in [0.1, 0.15) is 11.5 Å². The third-order valence-electron chi connectivity index (χ3n) is 5.26. The predicted octanol–water partition coefficient (Wildman–Crippen LogP) is 6.38. The summed E-state index contributed by atoms with van der Waals surface area (Å²) in [5, 5.41) is 5.81. The fourth-order valence-electron chi connectivity index (χ4n) is 3.51. The molecule has 0 aliphatic carbocycles. The van der Waals surface area contributed by atoms with Crippen molar-refractivity contribution in [3.8, 4) is 11.5 Å². The second-order valence-corrected chi connectivity index (χ2v) is 12.4. The first-order valence-corrected chi connectivity index (χ1v) is 14.9. The molecule has 5 rings (SSSR count). The van der Waals surface area contributed by atoms with E-state index in [1.165, 1.54) is 34.9 Å². The van der Waals surface area contributed by atoms with Crippen LogP contribution in [-0.4, -0.2) is 47.5 Å². The number of aromatic nitrogens is 2. The zero-order chi connectivity index (χ0) is 26.5. The normalized spacial score (nSPS) is 11.0. The highest BCUT2D eigenvalue weighted by Gasteiger charge is 2.13. The van der Waals surface area contributed by atoms with Crippen LogP contribution < -0.4 is 20.1 Å². The molecule has 0 saturated heterocycles. The third-order valence-corrected chi connectivity index (χ3v) is 9.60. The molecule has 38 heavy (non-hydrogen) atoms. The number of fused-ring (bicyclic) bond motifs is 2. The maximum absolute atomic E-state index is 12.6. The number of carbonyl (C=O) groups excluding carboxylic acids is 2. The molecule has 2 aromatic heterocycles.